The topological polar surface area (TPSA) is 64.1 Å². The maximum Gasteiger partial charge on any atom is 0.260 e. The van der Waals surface area contributed by atoms with Crippen LogP contribution in [0.2, 0.25) is 0 Å². The predicted molar refractivity (Wildman–Crippen MR) is 121 cm³/mol. The maximum absolute atomic E-state index is 13.5. The van der Waals surface area contributed by atoms with Crippen LogP contribution < -0.4 is 19.1 Å². The number of para-hydroxylation sites is 1. The fraction of sp³-hybridized carbons (Fsp3) is 0.364. The highest BCUT2D eigenvalue weighted by molar-refractivity contribution is 7.22. The van der Waals surface area contributed by atoms with Gasteiger partial charge in [-0.25, -0.2) is 4.98 Å². The van der Waals surface area contributed by atoms with E-state index in [1.165, 1.54) is 11.3 Å². The SMILES string of the molecule is COc1cc(OC)cc(C(=O)N(CCCN(C)C)c2nc3c(OC)cccc3s2)c1. The van der Waals surface area contributed by atoms with Crippen LogP contribution in [-0.4, -0.2) is 64.3 Å². The van der Waals surface area contributed by atoms with Crippen LogP contribution >= 0.6 is 11.3 Å². The molecule has 0 radical (unpaired) electrons. The molecule has 8 heteroatoms. The summed E-state index contributed by atoms with van der Waals surface area (Å²) in [5.41, 5.74) is 1.25. The lowest BCUT2D eigenvalue weighted by Gasteiger charge is -2.21. The Morgan fingerprint density at radius 1 is 1.00 bits per heavy atom. The molecule has 0 unspecified atom stereocenters. The number of nitrogens with zero attached hydrogens (tertiary/aromatic N) is 3. The highest BCUT2D eigenvalue weighted by Crippen LogP contribution is 2.35. The van der Waals surface area contributed by atoms with Crippen LogP contribution in [0.3, 0.4) is 0 Å². The van der Waals surface area contributed by atoms with Crippen molar-refractivity contribution < 1.29 is 19.0 Å². The number of anilines is 1. The number of ether oxygens (including phenoxy) is 3. The van der Waals surface area contributed by atoms with Crippen molar-refractivity contribution in [1.82, 2.24) is 9.88 Å². The summed E-state index contributed by atoms with van der Waals surface area (Å²) in [4.78, 5) is 22.1. The molecule has 160 valence electrons. The Kier molecular flexibility index (Phi) is 7.12. The summed E-state index contributed by atoms with van der Waals surface area (Å²) in [6, 6.07) is 11.0. The highest BCUT2D eigenvalue weighted by atomic mass is 32.1. The largest absolute Gasteiger partial charge is 0.497 e. The zero-order valence-electron chi connectivity index (χ0n) is 18.0. The Morgan fingerprint density at radius 2 is 1.70 bits per heavy atom. The summed E-state index contributed by atoms with van der Waals surface area (Å²) in [5.74, 6) is 1.68. The smallest absolute Gasteiger partial charge is 0.260 e. The van der Waals surface area contributed by atoms with Crippen LogP contribution in [0.4, 0.5) is 5.13 Å². The lowest BCUT2D eigenvalue weighted by Crippen LogP contribution is -2.33. The Labute approximate surface area is 180 Å². The van der Waals surface area contributed by atoms with E-state index in [4.69, 9.17) is 19.2 Å². The first kappa shape index (κ1) is 21.9. The summed E-state index contributed by atoms with van der Waals surface area (Å²) in [7, 11) is 8.79. The quantitative estimate of drug-likeness (QED) is 0.514. The standard InChI is InChI=1S/C22H27N3O4S/c1-24(2)10-7-11-25(21(26)15-12-16(27-3)14-17(13-15)28-4)22-23-20-18(29-5)8-6-9-19(20)30-22/h6,8-9,12-14H,7,10-11H2,1-5H3. The molecule has 0 aliphatic heterocycles. The van der Waals surface area contributed by atoms with Crippen molar-refractivity contribution in [2.75, 3.05) is 53.4 Å². The van der Waals surface area contributed by atoms with Crippen molar-refractivity contribution in [2.24, 2.45) is 0 Å². The molecule has 2 aromatic carbocycles. The third kappa shape index (κ3) is 4.83. The first-order valence-electron chi connectivity index (χ1n) is 9.60. The van der Waals surface area contributed by atoms with Gasteiger partial charge in [-0.05, 0) is 51.3 Å². The monoisotopic (exact) mass is 429 g/mol. The molecule has 1 aromatic heterocycles. The highest BCUT2D eigenvalue weighted by Gasteiger charge is 2.23. The Morgan fingerprint density at radius 3 is 2.30 bits per heavy atom. The second-order valence-electron chi connectivity index (χ2n) is 7.02. The lowest BCUT2D eigenvalue weighted by molar-refractivity contribution is 0.0985. The van der Waals surface area contributed by atoms with Gasteiger partial charge in [0.05, 0.1) is 26.0 Å². The average Bonchev–Trinajstić information content (AvgIpc) is 3.19. The number of carbonyl (C=O) groups is 1. The normalized spacial score (nSPS) is 11.0. The number of amides is 1. The number of fused-ring (bicyclic) bond motifs is 1. The second kappa shape index (κ2) is 9.77. The van der Waals surface area contributed by atoms with E-state index in [0.29, 0.717) is 34.5 Å². The zero-order valence-corrected chi connectivity index (χ0v) is 18.8. The number of methoxy groups -OCH3 is 3. The van der Waals surface area contributed by atoms with Crippen LogP contribution in [0.25, 0.3) is 10.2 Å². The van der Waals surface area contributed by atoms with Crippen LogP contribution in [0.1, 0.15) is 16.8 Å². The van der Waals surface area contributed by atoms with Crippen molar-refractivity contribution in [3.05, 3.63) is 42.0 Å². The van der Waals surface area contributed by atoms with Gasteiger partial charge in [-0.1, -0.05) is 17.4 Å². The predicted octanol–water partition coefficient (Wildman–Crippen LogP) is 3.92. The number of aromatic nitrogens is 1. The molecule has 0 spiro atoms. The number of carbonyl (C=O) groups excluding carboxylic acids is 1. The van der Waals surface area contributed by atoms with Gasteiger partial charge in [0.1, 0.15) is 22.8 Å². The number of benzene rings is 2. The molecule has 0 saturated carbocycles. The van der Waals surface area contributed by atoms with Gasteiger partial charge in [-0.15, -0.1) is 0 Å². The van der Waals surface area contributed by atoms with E-state index < -0.39 is 0 Å². The van der Waals surface area contributed by atoms with Gasteiger partial charge in [0.25, 0.3) is 5.91 Å². The van der Waals surface area contributed by atoms with Gasteiger partial charge in [0.2, 0.25) is 0 Å². The van der Waals surface area contributed by atoms with Crippen molar-refractivity contribution in [3.8, 4) is 17.2 Å². The minimum atomic E-state index is -0.149. The summed E-state index contributed by atoms with van der Waals surface area (Å²) < 4.78 is 17.1. The molecule has 0 bridgehead atoms. The van der Waals surface area contributed by atoms with Crippen molar-refractivity contribution in [2.45, 2.75) is 6.42 Å². The fourth-order valence-corrected chi connectivity index (χ4v) is 4.12. The van der Waals surface area contributed by atoms with E-state index in [0.717, 1.165) is 23.2 Å². The molecule has 0 atom stereocenters. The molecule has 3 aromatic rings. The number of hydrogen-bond donors (Lipinski definition) is 0. The summed E-state index contributed by atoms with van der Waals surface area (Å²) in [6.45, 7) is 1.40. The van der Waals surface area contributed by atoms with Gasteiger partial charge in [0, 0.05) is 18.2 Å². The van der Waals surface area contributed by atoms with Crippen molar-refractivity contribution in [3.63, 3.8) is 0 Å². The molecule has 0 aliphatic rings. The van der Waals surface area contributed by atoms with Gasteiger partial charge in [0.15, 0.2) is 5.13 Å². The number of hydrogen-bond acceptors (Lipinski definition) is 7. The lowest BCUT2D eigenvalue weighted by atomic mass is 10.1. The van der Waals surface area contributed by atoms with Crippen molar-refractivity contribution >= 4 is 32.6 Å². The third-order valence-corrected chi connectivity index (χ3v) is 5.70. The second-order valence-corrected chi connectivity index (χ2v) is 8.03. The number of rotatable bonds is 9. The molecular weight excluding hydrogens is 402 g/mol. The third-order valence-electron chi connectivity index (χ3n) is 4.65. The first-order valence-corrected chi connectivity index (χ1v) is 10.4. The first-order chi connectivity index (χ1) is 14.5. The van der Waals surface area contributed by atoms with E-state index >= 15 is 0 Å². The molecule has 0 N–H and O–H groups in total. The van der Waals surface area contributed by atoms with E-state index in [9.17, 15) is 4.79 Å². The van der Waals surface area contributed by atoms with Crippen LogP contribution in [-0.2, 0) is 0 Å². The van der Waals surface area contributed by atoms with Gasteiger partial charge >= 0.3 is 0 Å². The van der Waals surface area contributed by atoms with E-state index in [2.05, 4.69) is 4.90 Å². The molecule has 3 rings (SSSR count). The molecule has 1 amide bonds. The average molecular weight is 430 g/mol. The maximum atomic E-state index is 13.5. The zero-order chi connectivity index (χ0) is 21.7. The number of thiazole rings is 1. The molecule has 1 heterocycles. The van der Waals surface area contributed by atoms with E-state index in [-0.39, 0.29) is 5.91 Å². The van der Waals surface area contributed by atoms with Gasteiger partial charge < -0.3 is 19.1 Å². The van der Waals surface area contributed by atoms with Crippen LogP contribution in [0.5, 0.6) is 17.2 Å². The molecule has 0 fully saturated rings. The van der Waals surface area contributed by atoms with Crippen LogP contribution in [0, 0.1) is 0 Å². The summed E-state index contributed by atoms with van der Waals surface area (Å²) in [5, 5.41) is 0.639. The Bertz CT molecular complexity index is 997. The van der Waals surface area contributed by atoms with E-state index in [1.54, 1.807) is 44.4 Å². The van der Waals surface area contributed by atoms with E-state index in [1.807, 2.05) is 32.3 Å². The minimum Gasteiger partial charge on any atom is -0.497 e. The Balaban J connectivity index is 2.01. The molecular formula is C22H27N3O4S. The fourth-order valence-electron chi connectivity index (χ4n) is 3.11. The summed E-state index contributed by atoms with van der Waals surface area (Å²) >= 11 is 1.47. The van der Waals surface area contributed by atoms with Crippen LogP contribution in [0.15, 0.2) is 36.4 Å². The molecule has 0 aliphatic carbocycles. The minimum absolute atomic E-state index is 0.149. The molecule has 7 nitrogen and oxygen atoms in total. The van der Waals surface area contributed by atoms with Gasteiger partial charge in [-0.2, -0.15) is 0 Å². The molecule has 0 saturated heterocycles. The summed E-state index contributed by atoms with van der Waals surface area (Å²) in [6.07, 6.45) is 0.812. The van der Waals surface area contributed by atoms with Gasteiger partial charge in [-0.3, -0.25) is 9.69 Å². The molecule has 30 heavy (non-hydrogen) atoms. The van der Waals surface area contributed by atoms with Crippen molar-refractivity contribution in [1.29, 1.82) is 0 Å². The Hall–Kier alpha value is -2.84.